The summed E-state index contributed by atoms with van der Waals surface area (Å²) in [6.45, 7) is 3.49. The molecule has 8 nitrogen and oxygen atoms in total. The molecule has 0 aliphatic carbocycles. The molecule has 1 aliphatic rings. The van der Waals surface area contributed by atoms with E-state index >= 15 is 0 Å². The van der Waals surface area contributed by atoms with Crippen LogP contribution in [0.25, 0.3) is 0 Å². The van der Waals surface area contributed by atoms with Gasteiger partial charge < -0.3 is 10.1 Å². The number of H-pyrrole nitrogens is 1. The van der Waals surface area contributed by atoms with Crippen LogP contribution in [-0.2, 0) is 17.8 Å². The fourth-order valence-corrected chi connectivity index (χ4v) is 3.71. The van der Waals surface area contributed by atoms with Gasteiger partial charge in [-0.3, -0.25) is 14.7 Å². The molecule has 2 N–H and O–H groups in total. The molecule has 0 saturated carbocycles. The predicted octanol–water partition coefficient (Wildman–Crippen LogP) is 1.81. The summed E-state index contributed by atoms with van der Waals surface area (Å²) in [5.74, 6) is 0. The van der Waals surface area contributed by atoms with Crippen LogP contribution in [0.2, 0.25) is 0 Å². The molecular formula is C16H18N6O2S. The van der Waals surface area contributed by atoms with Gasteiger partial charge in [-0.25, -0.2) is 4.98 Å². The maximum absolute atomic E-state index is 8.36. The maximum atomic E-state index is 8.36. The van der Waals surface area contributed by atoms with Gasteiger partial charge in [-0.05, 0) is 18.6 Å². The molecular weight excluding hydrogens is 340 g/mol. The van der Waals surface area contributed by atoms with Gasteiger partial charge in [0.2, 0.25) is 0 Å². The first-order valence-corrected chi connectivity index (χ1v) is 8.57. The summed E-state index contributed by atoms with van der Waals surface area (Å²) in [6, 6.07) is 4.21. The number of hydrogen-bond acceptors (Lipinski definition) is 7. The SMILES string of the molecule is Cc1nnc(CN2CCc3[nH]cnc3C2c2cccnc2)s1.O=CO. The van der Waals surface area contributed by atoms with Gasteiger partial charge in [0.1, 0.15) is 10.0 Å². The lowest BCUT2D eigenvalue weighted by atomic mass is 9.97. The standard InChI is InChI=1S/C15H16N6S.CH2O2/c1-10-19-20-13(22-10)8-21-6-4-12-14(18-9-17-12)15(21)11-3-2-5-16-7-11;2-1-3/h2-3,5,7,9,15H,4,6,8H2,1H3,(H,17,18);1H,(H,2,3). The molecule has 3 aromatic heterocycles. The van der Waals surface area contributed by atoms with Gasteiger partial charge in [0, 0.05) is 31.1 Å². The van der Waals surface area contributed by atoms with Crippen molar-refractivity contribution in [3.05, 3.63) is 57.8 Å². The Morgan fingerprint density at radius 3 is 3.00 bits per heavy atom. The molecule has 130 valence electrons. The van der Waals surface area contributed by atoms with E-state index in [-0.39, 0.29) is 12.5 Å². The van der Waals surface area contributed by atoms with Gasteiger partial charge in [-0.1, -0.05) is 6.07 Å². The van der Waals surface area contributed by atoms with Crippen LogP contribution in [0.3, 0.4) is 0 Å². The minimum absolute atomic E-state index is 0.118. The summed E-state index contributed by atoms with van der Waals surface area (Å²) >= 11 is 1.65. The van der Waals surface area contributed by atoms with Crippen LogP contribution in [0.5, 0.6) is 0 Å². The highest BCUT2D eigenvalue weighted by Crippen LogP contribution is 2.34. The second-order valence-electron chi connectivity index (χ2n) is 5.50. The molecule has 3 aromatic rings. The van der Waals surface area contributed by atoms with Gasteiger partial charge in [0.05, 0.1) is 24.6 Å². The van der Waals surface area contributed by atoms with Crippen molar-refractivity contribution in [1.82, 2.24) is 30.0 Å². The van der Waals surface area contributed by atoms with Crippen molar-refractivity contribution in [2.24, 2.45) is 0 Å². The molecule has 4 heterocycles. The summed E-state index contributed by atoms with van der Waals surface area (Å²) in [5, 5.41) is 17.3. The zero-order chi connectivity index (χ0) is 17.6. The summed E-state index contributed by atoms with van der Waals surface area (Å²) in [5.41, 5.74) is 3.48. The monoisotopic (exact) mass is 358 g/mol. The summed E-state index contributed by atoms with van der Waals surface area (Å²) in [4.78, 5) is 22.9. The van der Waals surface area contributed by atoms with E-state index in [1.54, 1.807) is 23.9 Å². The average molecular weight is 358 g/mol. The molecule has 0 fully saturated rings. The molecule has 1 atom stereocenters. The fourth-order valence-electron chi connectivity index (χ4n) is 2.98. The molecule has 0 radical (unpaired) electrons. The lowest BCUT2D eigenvalue weighted by molar-refractivity contribution is -0.122. The Balaban J connectivity index is 0.000000569. The Labute approximate surface area is 148 Å². The van der Waals surface area contributed by atoms with Crippen molar-refractivity contribution in [2.75, 3.05) is 6.54 Å². The van der Waals surface area contributed by atoms with Crippen LogP contribution in [0.1, 0.15) is 33.0 Å². The summed E-state index contributed by atoms with van der Waals surface area (Å²) < 4.78 is 0. The van der Waals surface area contributed by atoms with Crippen LogP contribution >= 0.6 is 11.3 Å². The van der Waals surface area contributed by atoms with E-state index in [2.05, 4.69) is 36.1 Å². The van der Waals surface area contributed by atoms with Gasteiger partial charge in [0.25, 0.3) is 6.47 Å². The highest BCUT2D eigenvalue weighted by molar-refractivity contribution is 7.11. The maximum Gasteiger partial charge on any atom is 0.290 e. The largest absolute Gasteiger partial charge is 0.483 e. The lowest BCUT2D eigenvalue weighted by Crippen LogP contribution is -2.35. The number of pyridine rings is 1. The molecule has 0 amide bonds. The predicted molar refractivity (Wildman–Crippen MR) is 92.1 cm³/mol. The number of aromatic nitrogens is 5. The number of nitrogens with one attached hydrogen (secondary N) is 1. The quantitative estimate of drug-likeness (QED) is 0.687. The lowest BCUT2D eigenvalue weighted by Gasteiger charge is -2.34. The number of carbonyl (C=O) groups is 1. The van der Waals surface area contributed by atoms with Gasteiger partial charge in [0.15, 0.2) is 0 Å². The molecule has 25 heavy (non-hydrogen) atoms. The third-order valence-electron chi connectivity index (χ3n) is 3.93. The topological polar surface area (TPSA) is 108 Å². The third kappa shape index (κ3) is 3.89. The van der Waals surface area contributed by atoms with E-state index in [0.29, 0.717) is 0 Å². The number of rotatable bonds is 3. The number of fused-ring (bicyclic) bond motifs is 1. The Hall–Kier alpha value is -2.65. The molecule has 1 aliphatic heterocycles. The second kappa shape index (κ2) is 7.95. The minimum Gasteiger partial charge on any atom is -0.483 e. The number of aryl methyl sites for hydroxylation is 1. The zero-order valence-electron chi connectivity index (χ0n) is 13.7. The van der Waals surface area contributed by atoms with Crippen molar-refractivity contribution in [3.8, 4) is 0 Å². The first-order chi connectivity index (χ1) is 12.2. The van der Waals surface area contributed by atoms with Crippen LogP contribution < -0.4 is 0 Å². The average Bonchev–Trinajstić information content (AvgIpc) is 3.25. The molecule has 0 aromatic carbocycles. The van der Waals surface area contributed by atoms with Gasteiger partial charge >= 0.3 is 0 Å². The molecule has 0 saturated heterocycles. The Kier molecular flexibility index (Phi) is 5.46. The van der Waals surface area contributed by atoms with E-state index in [4.69, 9.17) is 9.90 Å². The van der Waals surface area contributed by atoms with Crippen molar-refractivity contribution in [3.63, 3.8) is 0 Å². The van der Waals surface area contributed by atoms with Crippen LogP contribution in [0.4, 0.5) is 0 Å². The van der Waals surface area contributed by atoms with E-state index in [0.717, 1.165) is 40.8 Å². The number of aromatic amines is 1. The van der Waals surface area contributed by atoms with E-state index < -0.39 is 0 Å². The van der Waals surface area contributed by atoms with E-state index in [1.165, 1.54) is 5.69 Å². The van der Waals surface area contributed by atoms with Gasteiger partial charge in [-0.15, -0.1) is 21.5 Å². The number of nitrogens with zero attached hydrogens (tertiary/aromatic N) is 5. The highest BCUT2D eigenvalue weighted by Gasteiger charge is 2.31. The molecule has 0 spiro atoms. The van der Waals surface area contributed by atoms with Crippen molar-refractivity contribution in [2.45, 2.75) is 25.9 Å². The first-order valence-electron chi connectivity index (χ1n) is 7.76. The first kappa shape index (κ1) is 17.2. The van der Waals surface area contributed by atoms with Crippen molar-refractivity contribution in [1.29, 1.82) is 0 Å². The van der Waals surface area contributed by atoms with Crippen LogP contribution in [-0.4, -0.2) is 48.2 Å². The second-order valence-corrected chi connectivity index (χ2v) is 6.76. The van der Waals surface area contributed by atoms with Crippen LogP contribution in [0.15, 0.2) is 30.9 Å². The fraction of sp³-hybridized carbons (Fsp3) is 0.312. The highest BCUT2D eigenvalue weighted by atomic mass is 32.1. The van der Waals surface area contributed by atoms with Crippen LogP contribution in [0, 0.1) is 6.92 Å². The van der Waals surface area contributed by atoms with E-state index in [9.17, 15) is 0 Å². The van der Waals surface area contributed by atoms with Crippen molar-refractivity contribution < 1.29 is 9.90 Å². The Morgan fingerprint density at radius 2 is 2.32 bits per heavy atom. The molecule has 0 bridgehead atoms. The summed E-state index contributed by atoms with van der Waals surface area (Å²) in [6.07, 6.45) is 6.49. The summed E-state index contributed by atoms with van der Waals surface area (Å²) in [7, 11) is 0. The smallest absolute Gasteiger partial charge is 0.290 e. The normalized spacial score (nSPS) is 16.6. The number of hydrogen-bond donors (Lipinski definition) is 2. The van der Waals surface area contributed by atoms with Gasteiger partial charge in [-0.2, -0.15) is 0 Å². The minimum atomic E-state index is -0.250. The number of imidazole rings is 1. The van der Waals surface area contributed by atoms with E-state index in [1.807, 2.05) is 19.2 Å². The molecule has 4 rings (SSSR count). The molecule has 1 unspecified atom stereocenters. The Bertz CT molecular complexity index is 819. The zero-order valence-corrected chi connectivity index (χ0v) is 14.5. The molecule has 9 heteroatoms. The number of carboxylic acid groups (broad SMARTS) is 1. The third-order valence-corrected chi connectivity index (χ3v) is 4.75. The van der Waals surface area contributed by atoms with Crippen molar-refractivity contribution >= 4 is 17.8 Å². The Morgan fingerprint density at radius 1 is 1.48 bits per heavy atom.